The fraction of sp³-hybridized carbons (Fsp3) is 0.259. The SMILES string of the molecule is COC(C)(C)C#Cc1ccc2c(c1)C1(COC(N)=N1)c1cc(-c3ccc(C)cc3)cnc1O2. The maximum absolute atomic E-state index is 6.18. The molecule has 1 aromatic heterocycles. The van der Waals surface area contributed by atoms with E-state index in [0.29, 0.717) is 11.6 Å². The van der Waals surface area contributed by atoms with Crippen molar-refractivity contribution in [3.63, 3.8) is 0 Å². The zero-order valence-electron chi connectivity index (χ0n) is 19.1. The molecule has 0 saturated heterocycles. The molecule has 0 saturated carbocycles. The van der Waals surface area contributed by atoms with Gasteiger partial charge in [0, 0.05) is 30.0 Å². The minimum Gasteiger partial charge on any atom is -0.462 e. The third-order valence-corrected chi connectivity index (χ3v) is 6.06. The molecule has 6 heteroatoms. The lowest BCUT2D eigenvalue weighted by Crippen LogP contribution is -2.31. The number of aromatic nitrogens is 1. The second-order valence-corrected chi connectivity index (χ2v) is 8.82. The molecule has 2 N–H and O–H groups in total. The number of pyridine rings is 1. The first-order valence-corrected chi connectivity index (χ1v) is 10.8. The fourth-order valence-electron chi connectivity index (χ4n) is 3.98. The molecule has 3 aromatic rings. The third kappa shape index (κ3) is 3.71. The minimum absolute atomic E-state index is 0.145. The van der Waals surface area contributed by atoms with Crippen molar-refractivity contribution in [2.75, 3.05) is 13.7 Å². The van der Waals surface area contributed by atoms with Crippen LogP contribution in [0.4, 0.5) is 0 Å². The second-order valence-electron chi connectivity index (χ2n) is 8.82. The zero-order valence-corrected chi connectivity index (χ0v) is 19.1. The van der Waals surface area contributed by atoms with Crippen molar-refractivity contribution in [3.05, 3.63) is 77.0 Å². The van der Waals surface area contributed by atoms with E-state index in [-0.39, 0.29) is 12.6 Å². The molecule has 1 unspecified atom stereocenters. The minimum atomic E-state index is -0.852. The number of amidine groups is 1. The highest BCUT2D eigenvalue weighted by Crippen LogP contribution is 2.51. The van der Waals surface area contributed by atoms with Crippen LogP contribution in [0.1, 0.15) is 36.1 Å². The van der Waals surface area contributed by atoms with Gasteiger partial charge in [-0.3, -0.25) is 0 Å². The van der Waals surface area contributed by atoms with Crippen molar-refractivity contribution < 1.29 is 14.2 Å². The Kier molecular flexibility index (Phi) is 4.88. The summed E-state index contributed by atoms with van der Waals surface area (Å²) in [5, 5.41) is 0. The molecule has 33 heavy (non-hydrogen) atoms. The van der Waals surface area contributed by atoms with Gasteiger partial charge in [-0.2, -0.15) is 0 Å². The molecule has 0 aliphatic carbocycles. The summed E-state index contributed by atoms with van der Waals surface area (Å²) in [7, 11) is 1.65. The van der Waals surface area contributed by atoms with Gasteiger partial charge in [0.05, 0.1) is 5.56 Å². The number of benzene rings is 2. The smallest absolute Gasteiger partial charge is 0.283 e. The largest absolute Gasteiger partial charge is 0.462 e. The van der Waals surface area contributed by atoms with Crippen LogP contribution in [0.2, 0.25) is 0 Å². The summed E-state index contributed by atoms with van der Waals surface area (Å²) in [5.74, 6) is 7.52. The summed E-state index contributed by atoms with van der Waals surface area (Å²) in [6, 6.07) is 16.3. The van der Waals surface area contributed by atoms with Crippen LogP contribution in [-0.2, 0) is 15.0 Å². The first-order valence-electron chi connectivity index (χ1n) is 10.8. The van der Waals surface area contributed by atoms with E-state index >= 15 is 0 Å². The number of hydrogen-bond acceptors (Lipinski definition) is 6. The molecule has 0 bridgehead atoms. The predicted molar refractivity (Wildman–Crippen MR) is 127 cm³/mol. The number of methoxy groups -OCH3 is 1. The van der Waals surface area contributed by atoms with Gasteiger partial charge in [-0.05, 0) is 50.6 Å². The summed E-state index contributed by atoms with van der Waals surface area (Å²) < 4.78 is 17.3. The van der Waals surface area contributed by atoms with Crippen molar-refractivity contribution in [1.82, 2.24) is 4.98 Å². The van der Waals surface area contributed by atoms with E-state index in [4.69, 9.17) is 24.9 Å². The Morgan fingerprint density at radius 3 is 2.55 bits per heavy atom. The fourth-order valence-corrected chi connectivity index (χ4v) is 3.98. The predicted octanol–water partition coefficient (Wildman–Crippen LogP) is 4.53. The van der Waals surface area contributed by atoms with Crippen LogP contribution >= 0.6 is 0 Å². The van der Waals surface area contributed by atoms with Gasteiger partial charge in [0.15, 0.2) is 5.54 Å². The summed E-state index contributed by atoms with van der Waals surface area (Å²) >= 11 is 0. The van der Waals surface area contributed by atoms with E-state index < -0.39 is 11.1 Å². The van der Waals surface area contributed by atoms with Gasteiger partial charge in [0.1, 0.15) is 18.0 Å². The topological polar surface area (TPSA) is 79.0 Å². The van der Waals surface area contributed by atoms with E-state index in [2.05, 4.69) is 54.1 Å². The van der Waals surface area contributed by atoms with Gasteiger partial charge in [-0.15, -0.1) is 0 Å². The van der Waals surface area contributed by atoms with Crippen molar-refractivity contribution >= 4 is 6.02 Å². The Hall–Kier alpha value is -3.82. The summed E-state index contributed by atoms with van der Waals surface area (Å²) in [6.45, 7) is 6.18. The number of aryl methyl sites for hydroxylation is 1. The Morgan fingerprint density at radius 2 is 1.85 bits per heavy atom. The van der Waals surface area contributed by atoms with Gasteiger partial charge in [0.2, 0.25) is 5.88 Å². The van der Waals surface area contributed by atoms with Crippen molar-refractivity contribution in [3.8, 4) is 34.6 Å². The Bertz CT molecular complexity index is 1330. The monoisotopic (exact) mass is 439 g/mol. The average molecular weight is 440 g/mol. The lowest BCUT2D eigenvalue weighted by atomic mass is 9.81. The van der Waals surface area contributed by atoms with Crippen LogP contribution in [0.25, 0.3) is 11.1 Å². The van der Waals surface area contributed by atoms with Gasteiger partial charge in [-0.25, -0.2) is 9.98 Å². The molecular weight excluding hydrogens is 414 g/mol. The molecule has 166 valence electrons. The van der Waals surface area contributed by atoms with Crippen LogP contribution in [0.15, 0.2) is 59.7 Å². The van der Waals surface area contributed by atoms with E-state index in [1.165, 1.54) is 5.56 Å². The Balaban J connectivity index is 1.65. The molecular formula is C27H25N3O3. The normalized spacial score (nSPS) is 18.4. The first kappa shape index (κ1) is 21.0. The molecule has 2 aliphatic heterocycles. The highest BCUT2D eigenvalue weighted by molar-refractivity contribution is 5.77. The average Bonchev–Trinajstić information content (AvgIpc) is 3.21. The van der Waals surface area contributed by atoms with Crippen molar-refractivity contribution in [1.29, 1.82) is 0 Å². The van der Waals surface area contributed by atoms with Gasteiger partial charge in [0.25, 0.3) is 6.02 Å². The van der Waals surface area contributed by atoms with Crippen molar-refractivity contribution in [2.45, 2.75) is 31.9 Å². The molecule has 6 nitrogen and oxygen atoms in total. The second kappa shape index (κ2) is 7.65. The number of ether oxygens (including phenoxy) is 3. The maximum atomic E-state index is 6.18. The molecule has 2 aliphatic rings. The van der Waals surface area contributed by atoms with Crippen LogP contribution < -0.4 is 10.5 Å². The van der Waals surface area contributed by atoms with Crippen molar-refractivity contribution in [2.24, 2.45) is 10.7 Å². The number of fused-ring (bicyclic) bond motifs is 4. The van der Waals surface area contributed by atoms with E-state index in [9.17, 15) is 0 Å². The van der Waals surface area contributed by atoms with Crippen LogP contribution in [0.5, 0.6) is 11.6 Å². The number of rotatable bonds is 2. The third-order valence-electron chi connectivity index (χ3n) is 6.06. The summed E-state index contributed by atoms with van der Waals surface area (Å²) in [5.41, 5.74) is 10.3. The van der Waals surface area contributed by atoms with E-state index in [1.54, 1.807) is 7.11 Å². The van der Waals surface area contributed by atoms with Gasteiger partial charge >= 0.3 is 0 Å². The van der Waals surface area contributed by atoms with E-state index in [1.807, 2.05) is 38.2 Å². The Morgan fingerprint density at radius 1 is 1.06 bits per heavy atom. The molecule has 5 rings (SSSR count). The maximum Gasteiger partial charge on any atom is 0.283 e. The van der Waals surface area contributed by atoms with Crippen LogP contribution in [-0.4, -0.2) is 30.3 Å². The number of aliphatic imine (C=N–C) groups is 1. The summed E-state index contributed by atoms with van der Waals surface area (Å²) in [6.07, 6.45) is 1.82. The molecule has 3 heterocycles. The van der Waals surface area contributed by atoms with Crippen LogP contribution in [0, 0.1) is 18.8 Å². The number of hydrogen-bond donors (Lipinski definition) is 1. The molecule has 0 amide bonds. The highest BCUT2D eigenvalue weighted by Gasteiger charge is 2.47. The van der Waals surface area contributed by atoms with Crippen LogP contribution in [0.3, 0.4) is 0 Å². The number of nitrogens with two attached hydrogens (primary N) is 1. The molecule has 0 radical (unpaired) electrons. The van der Waals surface area contributed by atoms with Gasteiger partial charge in [-0.1, -0.05) is 41.7 Å². The van der Waals surface area contributed by atoms with Gasteiger partial charge < -0.3 is 19.9 Å². The lowest BCUT2D eigenvalue weighted by Gasteiger charge is -2.33. The molecule has 1 spiro atoms. The first-order chi connectivity index (χ1) is 15.8. The lowest BCUT2D eigenvalue weighted by molar-refractivity contribution is 0.0742. The quantitative estimate of drug-likeness (QED) is 0.594. The zero-order chi connectivity index (χ0) is 23.2. The van der Waals surface area contributed by atoms with E-state index in [0.717, 1.165) is 27.8 Å². The molecule has 0 fully saturated rings. The standard InChI is InChI=1S/C27H25N3O3/c1-17-5-8-19(9-6-17)20-14-22-24(29-15-20)33-23-10-7-18(11-12-26(2,3)31-4)13-21(23)27(22)16-32-25(28)30-27/h5-10,13-15H,16H2,1-4H3,(H2,28,30). The molecule has 1 atom stereocenters. The highest BCUT2D eigenvalue weighted by atomic mass is 16.5. The molecule has 2 aromatic carbocycles. The summed E-state index contributed by atoms with van der Waals surface area (Å²) in [4.78, 5) is 9.39. The Labute approximate surface area is 193 Å². The number of nitrogens with zero attached hydrogens (tertiary/aromatic N) is 2.